The van der Waals surface area contributed by atoms with E-state index in [9.17, 15) is 0 Å². The van der Waals surface area contributed by atoms with Crippen molar-refractivity contribution in [1.82, 2.24) is 25.0 Å². The van der Waals surface area contributed by atoms with E-state index >= 15 is 0 Å². The topological polar surface area (TPSA) is 55.2 Å². The van der Waals surface area contributed by atoms with Gasteiger partial charge in [-0.15, -0.1) is 22.6 Å². The minimum Gasteiger partial charge on any atom is -0.457 e. The number of halogens is 1. The summed E-state index contributed by atoms with van der Waals surface area (Å²) in [6.07, 6.45) is 2.29. The fraction of sp³-hybridized carbons (Fsp3) is 0.391. The molecule has 1 aromatic heterocycles. The maximum atomic E-state index is 5.99. The van der Waals surface area contributed by atoms with Gasteiger partial charge in [0.1, 0.15) is 23.1 Å². The maximum absolute atomic E-state index is 5.99. The number of nitrogens with one attached hydrogen (secondary N) is 1. The molecule has 0 saturated carbocycles. The molecule has 1 N–H and O–H groups in total. The Balaban J connectivity index is 0.00000218. The molecule has 0 radical (unpaired) electrons. The molecular weight excluding hydrogens is 398 g/mol. The Labute approximate surface area is 183 Å². The van der Waals surface area contributed by atoms with Gasteiger partial charge >= 0.3 is 0 Å². The molecule has 3 heterocycles. The van der Waals surface area contributed by atoms with Crippen LogP contribution in [-0.4, -0.2) is 39.3 Å². The van der Waals surface area contributed by atoms with Crippen molar-refractivity contribution in [2.75, 3.05) is 19.6 Å². The van der Waals surface area contributed by atoms with Crippen LogP contribution < -0.4 is 10.1 Å². The average Bonchev–Trinajstić information content (AvgIpc) is 3.20. The summed E-state index contributed by atoms with van der Waals surface area (Å²) in [5.74, 6) is 4.58. The molecule has 2 aliphatic heterocycles. The molecule has 158 valence electrons. The van der Waals surface area contributed by atoms with Crippen LogP contribution in [0, 0.1) is 0 Å². The van der Waals surface area contributed by atoms with Crippen molar-refractivity contribution in [2.45, 2.75) is 38.4 Å². The van der Waals surface area contributed by atoms with Crippen molar-refractivity contribution >= 4 is 12.4 Å². The second-order valence-corrected chi connectivity index (χ2v) is 7.92. The Morgan fingerprint density at radius 3 is 2.57 bits per heavy atom. The molecule has 30 heavy (non-hydrogen) atoms. The van der Waals surface area contributed by atoms with Crippen molar-refractivity contribution in [3.63, 3.8) is 0 Å². The molecule has 0 aliphatic carbocycles. The number of benzene rings is 2. The van der Waals surface area contributed by atoms with Gasteiger partial charge < -0.3 is 14.6 Å². The standard InChI is InChI=1S/C23H27N5O.ClH/c1-2-6-20(7-3-1)29-21-8-4-5-18(15-21)17-27-12-9-19(10-13-27)23-26-25-22-16-24-11-14-28(22)23;/h1-8,15,19,24H,9-14,16-17H2;1H. The van der Waals surface area contributed by atoms with Gasteiger partial charge in [-0.25, -0.2) is 0 Å². The van der Waals surface area contributed by atoms with Crippen LogP contribution in [0.25, 0.3) is 0 Å². The molecule has 3 aromatic rings. The molecule has 2 aliphatic rings. The number of para-hydroxylation sites is 1. The number of hydrogen-bond acceptors (Lipinski definition) is 5. The fourth-order valence-corrected chi connectivity index (χ4v) is 4.36. The van der Waals surface area contributed by atoms with E-state index in [1.54, 1.807) is 0 Å². The first-order valence-corrected chi connectivity index (χ1v) is 10.5. The summed E-state index contributed by atoms with van der Waals surface area (Å²) in [6.45, 7) is 5.99. The van der Waals surface area contributed by atoms with E-state index in [1.807, 2.05) is 36.4 Å². The third-order valence-electron chi connectivity index (χ3n) is 5.89. The highest BCUT2D eigenvalue weighted by Crippen LogP contribution is 2.29. The van der Waals surface area contributed by atoms with Crippen LogP contribution in [0.15, 0.2) is 54.6 Å². The first-order chi connectivity index (χ1) is 14.3. The Kier molecular flexibility index (Phi) is 6.67. The van der Waals surface area contributed by atoms with Gasteiger partial charge in [0.25, 0.3) is 0 Å². The molecule has 1 fully saturated rings. The van der Waals surface area contributed by atoms with E-state index in [2.05, 4.69) is 43.2 Å². The van der Waals surface area contributed by atoms with Crippen molar-refractivity contribution in [2.24, 2.45) is 0 Å². The van der Waals surface area contributed by atoms with E-state index in [1.165, 1.54) is 11.4 Å². The van der Waals surface area contributed by atoms with Crippen LogP contribution >= 0.6 is 12.4 Å². The predicted molar refractivity (Wildman–Crippen MR) is 119 cm³/mol. The lowest BCUT2D eigenvalue weighted by molar-refractivity contribution is 0.199. The van der Waals surface area contributed by atoms with Crippen LogP contribution in [0.2, 0.25) is 0 Å². The molecule has 7 heteroatoms. The largest absolute Gasteiger partial charge is 0.457 e. The molecule has 0 spiro atoms. The molecule has 0 bridgehead atoms. The fourth-order valence-electron chi connectivity index (χ4n) is 4.36. The molecule has 0 unspecified atom stereocenters. The highest BCUT2D eigenvalue weighted by molar-refractivity contribution is 5.85. The lowest BCUT2D eigenvalue weighted by Crippen LogP contribution is -2.34. The van der Waals surface area contributed by atoms with Crippen molar-refractivity contribution < 1.29 is 4.74 Å². The monoisotopic (exact) mass is 425 g/mol. The van der Waals surface area contributed by atoms with Gasteiger partial charge in [-0.2, -0.15) is 0 Å². The number of hydrogen-bond donors (Lipinski definition) is 1. The predicted octanol–water partition coefficient (Wildman–Crippen LogP) is 3.98. The van der Waals surface area contributed by atoms with Crippen molar-refractivity contribution in [1.29, 1.82) is 0 Å². The molecular formula is C23H28ClN5O. The first-order valence-electron chi connectivity index (χ1n) is 10.5. The molecule has 6 nitrogen and oxygen atoms in total. The van der Waals surface area contributed by atoms with Gasteiger partial charge in [0.15, 0.2) is 0 Å². The molecule has 1 saturated heterocycles. The van der Waals surface area contributed by atoms with Crippen LogP contribution in [0.3, 0.4) is 0 Å². The molecule has 5 rings (SSSR count). The van der Waals surface area contributed by atoms with Gasteiger partial charge in [-0.3, -0.25) is 4.90 Å². The van der Waals surface area contributed by atoms with Gasteiger partial charge in [-0.05, 0) is 55.8 Å². The summed E-state index contributed by atoms with van der Waals surface area (Å²) in [5, 5.41) is 12.3. The van der Waals surface area contributed by atoms with Crippen LogP contribution in [0.5, 0.6) is 11.5 Å². The van der Waals surface area contributed by atoms with Crippen LogP contribution in [0.4, 0.5) is 0 Å². The Hall–Kier alpha value is -2.41. The zero-order chi connectivity index (χ0) is 19.5. The zero-order valence-electron chi connectivity index (χ0n) is 17.0. The van der Waals surface area contributed by atoms with Gasteiger partial charge in [-0.1, -0.05) is 30.3 Å². The summed E-state index contributed by atoms with van der Waals surface area (Å²) >= 11 is 0. The summed E-state index contributed by atoms with van der Waals surface area (Å²) in [5.41, 5.74) is 1.29. The van der Waals surface area contributed by atoms with E-state index in [-0.39, 0.29) is 12.4 Å². The van der Waals surface area contributed by atoms with Crippen LogP contribution in [0.1, 0.15) is 36.0 Å². The molecule has 0 amide bonds. The third kappa shape index (κ3) is 4.67. The zero-order valence-corrected chi connectivity index (χ0v) is 17.9. The second kappa shape index (κ2) is 9.60. The quantitative estimate of drug-likeness (QED) is 0.670. The number of ether oxygens (including phenoxy) is 1. The van der Waals surface area contributed by atoms with Crippen molar-refractivity contribution in [3.05, 3.63) is 71.8 Å². The number of rotatable bonds is 5. The minimum atomic E-state index is 0. The van der Waals surface area contributed by atoms with Crippen molar-refractivity contribution in [3.8, 4) is 11.5 Å². The molecule has 2 aromatic carbocycles. The summed E-state index contributed by atoms with van der Waals surface area (Å²) < 4.78 is 8.32. The minimum absolute atomic E-state index is 0. The Morgan fingerprint density at radius 2 is 1.73 bits per heavy atom. The van der Waals surface area contributed by atoms with Gasteiger partial charge in [0.2, 0.25) is 0 Å². The number of aromatic nitrogens is 3. The molecule has 0 atom stereocenters. The average molecular weight is 426 g/mol. The lowest BCUT2D eigenvalue weighted by atomic mass is 9.95. The van der Waals surface area contributed by atoms with Crippen LogP contribution in [-0.2, 0) is 19.6 Å². The summed E-state index contributed by atoms with van der Waals surface area (Å²) in [4.78, 5) is 2.53. The normalized spacial score (nSPS) is 17.2. The van der Waals surface area contributed by atoms with E-state index < -0.39 is 0 Å². The highest BCUT2D eigenvalue weighted by atomic mass is 35.5. The van der Waals surface area contributed by atoms with E-state index in [0.29, 0.717) is 5.92 Å². The van der Waals surface area contributed by atoms with Gasteiger partial charge in [0, 0.05) is 25.6 Å². The number of nitrogens with zero attached hydrogens (tertiary/aromatic N) is 4. The van der Waals surface area contributed by atoms with Gasteiger partial charge in [0.05, 0.1) is 6.54 Å². The summed E-state index contributed by atoms with van der Waals surface area (Å²) in [6, 6.07) is 18.4. The Bertz CT molecular complexity index is 953. The number of fused-ring (bicyclic) bond motifs is 1. The third-order valence-corrected chi connectivity index (χ3v) is 5.89. The van der Waals surface area contributed by atoms with E-state index in [0.717, 1.165) is 69.4 Å². The lowest BCUT2D eigenvalue weighted by Gasteiger charge is -2.32. The first kappa shape index (κ1) is 20.8. The SMILES string of the molecule is Cl.c1ccc(Oc2cccc(CN3CCC(c4nnc5n4CCNC5)CC3)c2)cc1. The smallest absolute Gasteiger partial charge is 0.147 e. The van der Waals surface area contributed by atoms with E-state index in [4.69, 9.17) is 4.74 Å². The maximum Gasteiger partial charge on any atom is 0.147 e. The summed E-state index contributed by atoms with van der Waals surface area (Å²) in [7, 11) is 0. The second-order valence-electron chi connectivity index (χ2n) is 7.92. The highest BCUT2D eigenvalue weighted by Gasteiger charge is 2.27. The Morgan fingerprint density at radius 1 is 0.933 bits per heavy atom. The number of piperidine rings is 1. The number of likely N-dealkylation sites (tertiary alicyclic amines) is 1.